The first-order valence-electron chi connectivity index (χ1n) is 11.6. The molecule has 0 aliphatic rings. The number of anilines is 1. The molecule has 0 saturated carbocycles. The van der Waals surface area contributed by atoms with Crippen molar-refractivity contribution >= 4 is 44.9 Å². The Hall–Kier alpha value is -3.69. The molecule has 7 nitrogen and oxygen atoms in total. The molecule has 0 bridgehead atoms. The van der Waals surface area contributed by atoms with Crippen molar-refractivity contribution in [1.82, 2.24) is 19.7 Å². The van der Waals surface area contributed by atoms with E-state index in [0.29, 0.717) is 23.4 Å². The summed E-state index contributed by atoms with van der Waals surface area (Å²) in [6.45, 7) is 5.05. The summed E-state index contributed by atoms with van der Waals surface area (Å²) in [4.78, 5) is 17.1. The van der Waals surface area contributed by atoms with E-state index in [9.17, 15) is 4.79 Å². The maximum atomic E-state index is 12.6. The van der Waals surface area contributed by atoms with Crippen LogP contribution in [0.4, 0.5) is 5.13 Å². The minimum atomic E-state index is -0.135. The number of nitrogens with one attached hydrogen (secondary N) is 1. The Morgan fingerprint density at radius 1 is 1.06 bits per heavy atom. The molecule has 0 fully saturated rings. The fourth-order valence-electron chi connectivity index (χ4n) is 3.79. The molecule has 1 N–H and O–H groups in total. The summed E-state index contributed by atoms with van der Waals surface area (Å²) in [6, 6.07) is 22.3. The molecular formula is C27H25N5O2S2. The van der Waals surface area contributed by atoms with Crippen molar-refractivity contribution in [2.45, 2.75) is 32.2 Å². The highest BCUT2D eigenvalue weighted by atomic mass is 32.2. The van der Waals surface area contributed by atoms with Gasteiger partial charge in [0.15, 0.2) is 16.1 Å². The van der Waals surface area contributed by atoms with E-state index in [1.165, 1.54) is 28.7 Å². The van der Waals surface area contributed by atoms with Gasteiger partial charge in [-0.3, -0.25) is 4.79 Å². The van der Waals surface area contributed by atoms with Crippen LogP contribution < -0.4 is 10.1 Å². The van der Waals surface area contributed by atoms with E-state index in [0.717, 1.165) is 33.6 Å². The molecule has 0 aliphatic carbocycles. The van der Waals surface area contributed by atoms with Crippen molar-refractivity contribution in [2.24, 2.45) is 0 Å². The minimum Gasteiger partial charge on any atom is -0.485 e. The number of carbonyl (C=O) groups is 1. The topological polar surface area (TPSA) is 81.9 Å². The molecule has 1 amide bonds. The van der Waals surface area contributed by atoms with Crippen LogP contribution in [-0.4, -0.2) is 31.4 Å². The fourth-order valence-corrected chi connectivity index (χ4v) is 5.34. The first-order chi connectivity index (χ1) is 17.6. The second-order valence-electron chi connectivity index (χ2n) is 8.15. The van der Waals surface area contributed by atoms with Gasteiger partial charge in [0.05, 0.1) is 11.4 Å². The smallest absolute Gasteiger partial charge is 0.236 e. The lowest BCUT2D eigenvalue weighted by Crippen LogP contribution is -2.14. The lowest BCUT2D eigenvalue weighted by atomic mass is 10.1. The SMILES string of the molecule is CCn1c(COc2cccc3ccccc23)nnc1SCC(=O)Nc1nc(-c2ccc(C)cc2)cs1. The van der Waals surface area contributed by atoms with E-state index in [1.807, 2.05) is 59.3 Å². The van der Waals surface area contributed by atoms with Crippen molar-refractivity contribution in [1.29, 1.82) is 0 Å². The quantitative estimate of drug-likeness (QED) is 0.236. The van der Waals surface area contributed by atoms with Gasteiger partial charge in [-0.25, -0.2) is 4.98 Å². The maximum absolute atomic E-state index is 12.6. The molecule has 36 heavy (non-hydrogen) atoms. The van der Waals surface area contributed by atoms with Crippen LogP contribution in [0.5, 0.6) is 5.75 Å². The summed E-state index contributed by atoms with van der Waals surface area (Å²) in [5.74, 6) is 1.60. The van der Waals surface area contributed by atoms with Gasteiger partial charge in [-0.15, -0.1) is 21.5 Å². The van der Waals surface area contributed by atoms with Gasteiger partial charge in [0.25, 0.3) is 0 Å². The normalized spacial score (nSPS) is 11.1. The highest BCUT2D eigenvalue weighted by Gasteiger charge is 2.15. The van der Waals surface area contributed by atoms with Gasteiger partial charge in [-0.2, -0.15) is 0 Å². The molecule has 5 rings (SSSR count). The Kier molecular flexibility index (Phi) is 7.29. The molecule has 0 atom stereocenters. The zero-order valence-corrected chi connectivity index (χ0v) is 21.6. The zero-order valence-electron chi connectivity index (χ0n) is 20.0. The Labute approximate surface area is 217 Å². The maximum Gasteiger partial charge on any atom is 0.236 e. The number of ether oxygens (including phenoxy) is 1. The number of fused-ring (bicyclic) bond motifs is 1. The number of hydrogen-bond donors (Lipinski definition) is 1. The Morgan fingerprint density at radius 2 is 1.86 bits per heavy atom. The van der Waals surface area contributed by atoms with Crippen LogP contribution >= 0.6 is 23.1 Å². The summed E-state index contributed by atoms with van der Waals surface area (Å²) < 4.78 is 8.07. The second kappa shape index (κ2) is 10.9. The average molecular weight is 516 g/mol. The van der Waals surface area contributed by atoms with Crippen LogP contribution in [0.1, 0.15) is 18.3 Å². The minimum absolute atomic E-state index is 0.135. The molecule has 2 aromatic heterocycles. The zero-order chi connectivity index (χ0) is 24.9. The fraction of sp³-hybridized carbons (Fsp3) is 0.185. The number of hydrogen-bond acceptors (Lipinski definition) is 7. The molecule has 182 valence electrons. The molecular weight excluding hydrogens is 490 g/mol. The van der Waals surface area contributed by atoms with Gasteiger partial charge in [0.1, 0.15) is 12.4 Å². The summed E-state index contributed by atoms with van der Waals surface area (Å²) in [6.07, 6.45) is 0. The number of aryl methyl sites for hydroxylation is 1. The number of thiazole rings is 1. The Balaban J connectivity index is 1.19. The van der Waals surface area contributed by atoms with Gasteiger partial charge in [-0.1, -0.05) is 78.0 Å². The first kappa shape index (κ1) is 24.0. The second-order valence-corrected chi connectivity index (χ2v) is 9.95. The number of amides is 1. The van der Waals surface area contributed by atoms with Gasteiger partial charge in [-0.05, 0) is 25.3 Å². The first-order valence-corrected chi connectivity index (χ1v) is 13.4. The third-order valence-electron chi connectivity index (χ3n) is 5.65. The van der Waals surface area contributed by atoms with E-state index < -0.39 is 0 Å². The van der Waals surface area contributed by atoms with Gasteiger partial charge in [0, 0.05) is 22.9 Å². The van der Waals surface area contributed by atoms with Crippen LogP contribution in [0.3, 0.4) is 0 Å². The number of rotatable bonds is 9. The van der Waals surface area contributed by atoms with Crippen LogP contribution in [0.2, 0.25) is 0 Å². The van der Waals surface area contributed by atoms with E-state index in [4.69, 9.17) is 4.74 Å². The van der Waals surface area contributed by atoms with Crippen molar-refractivity contribution < 1.29 is 9.53 Å². The molecule has 9 heteroatoms. The predicted molar refractivity (Wildman–Crippen MR) is 146 cm³/mol. The Bertz CT molecular complexity index is 1490. The van der Waals surface area contributed by atoms with E-state index in [-0.39, 0.29) is 11.7 Å². The van der Waals surface area contributed by atoms with Gasteiger partial charge >= 0.3 is 0 Å². The number of benzene rings is 3. The summed E-state index contributed by atoms with van der Waals surface area (Å²) in [5, 5.41) is 16.9. The molecule has 2 heterocycles. The largest absolute Gasteiger partial charge is 0.485 e. The van der Waals surface area contributed by atoms with Gasteiger partial charge < -0.3 is 14.6 Å². The number of carbonyl (C=O) groups excluding carboxylic acids is 1. The summed E-state index contributed by atoms with van der Waals surface area (Å²) >= 11 is 2.76. The third kappa shape index (κ3) is 5.42. The average Bonchev–Trinajstić information content (AvgIpc) is 3.53. The van der Waals surface area contributed by atoms with E-state index >= 15 is 0 Å². The number of thioether (sulfide) groups is 1. The molecule has 5 aromatic rings. The van der Waals surface area contributed by atoms with Crippen molar-refractivity contribution in [3.63, 3.8) is 0 Å². The van der Waals surface area contributed by atoms with Crippen molar-refractivity contribution in [3.8, 4) is 17.0 Å². The lowest BCUT2D eigenvalue weighted by molar-refractivity contribution is -0.113. The van der Waals surface area contributed by atoms with Crippen LogP contribution in [0.15, 0.2) is 77.3 Å². The monoisotopic (exact) mass is 515 g/mol. The van der Waals surface area contributed by atoms with Crippen LogP contribution in [0.25, 0.3) is 22.0 Å². The molecule has 0 spiro atoms. The molecule has 0 radical (unpaired) electrons. The highest BCUT2D eigenvalue weighted by molar-refractivity contribution is 7.99. The van der Waals surface area contributed by atoms with E-state index in [2.05, 4.69) is 51.7 Å². The number of aromatic nitrogens is 4. The molecule has 0 saturated heterocycles. The predicted octanol–water partition coefficient (Wildman–Crippen LogP) is 6.19. The van der Waals surface area contributed by atoms with Crippen molar-refractivity contribution in [2.75, 3.05) is 11.1 Å². The van der Waals surface area contributed by atoms with Crippen LogP contribution in [0, 0.1) is 6.92 Å². The van der Waals surface area contributed by atoms with E-state index in [1.54, 1.807) is 0 Å². The van der Waals surface area contributed by atoms with Crippen LogP contribution in [-0.2, 0) is 17.9 Å². The standard InChI is InChI=1S/C27H25N5O2S2/c1-3-32-24(15-34-23-10-6-8-19-7-4-5-9-21(19)23)30-31-27(32)36-17-25(33)29-26-28-22(16-35-26)20-13-11-18(2)12-14-20/h4-14,16H,3,15,17H2,1-2H3,(H,28,29,33). The summed E-state index contributed by atoms with van der Waals surface area (Å²) in [7, 11) is 0. The van der Waals surface area contributed by atoms with Gasteiger partial charge in [0.2, 0.25) is 5.91 Å². The molecule has 0 aliphatic heterocycles. The molecule has 3 aromatic carbocycles. The number of nitrogens with zero attached hydrogens (tertiary/aromatic N) is 4. The summed E-state index contributed by atoms with van der Waals surface area (Å²) in [5.41, 5.74) is 3.08. The van der Waals surface area contributed by atoms with Crippen molar-refractivity contribution in [3.05, 3.63) is 83.5 Å². The molecule has 0 unspecified atom stereocenters. The Morgan fingerprint density at radius 3 is 2.69 bits per heavy atom. The highest BCUT2D eigenvalue weighted by Crippen LogP contribution is 2.27. The third-order valence-corrected chi connectivity index (χ3v) is 7.37. The lowest BCUT2D eigenvalue weighted by Gasteiger charge is -2.10.